The van der Waals surface area contributed by atoms with Gasteiger partial charge in [-0.1, -0.05) is 42.5 Å². The van der Waals surface area contributed by atoms with Gasteiger partial charge < -0.3 is 15.7 Å². The Morgan fingerprint density at radius 2 is 1.65 bits per heavy atom. The number of nitrogens with one attached hydrogen (secondary N) is 3. The van der Waals surface area contributed by atoms with Crippen molar-refractivity contribution in [3.63, 3.8) is 0 Å². The molecule has 4 N–H and O–H groups in total. The fourth-order valence-electron chi connectivity index (χ4n) is 2.20. The third-order valence-corrected chi connectivity index (χ3v) is 3.59. The first kappa shape index (κ1) is 17.0. The fraction of sp³-hybridized carbons (Fsp3) is 0.278. The zero-order chi connectivity index (χ0) is 16.5. The molecule has 2 aromatic rings. The molecule has 0 saturated carbocycles. The summed E-state index contributed by atoms with van der Waals surface area (Å²) in [5, 5.41) is 18.1. The summed E-state index contributed by atoms with van der Waals surface area (Å²) in [7, 11) is 1.56. The van der Waals surface area contributed by atoms with Crippen LogP contribution in [0.5, 0.6) is 0 Å². The Kier molecular flexibility index (Phi) is 6.59. The lowest BCUT2D eigenvalue weighted by atomic mass is 10.1. The van der Waals surface area contributed by atoms with E-state index < -0.39 is 6.04 Å². The molecule has 0 aromatic heterocycles. The summed E-state index contributed by atoms with van der Waals surface area (Å²) in [5.41, 5.74) is 3.33. The van der Waals surface area contributed by atoms with Crippen LogP contribution in [0.3, 0.4) is 0 Å². The highest BCUT2D eigenvalue weighted by Gasteiger charge is 2.14. The van der Waals surface area contributed by atoms with Gasteiger partial charge in [-0.25, -0.2) is 0 Å². The molecule has 0 heterocycles. The molecule has 0 saturated heterocycles. The smallest absolute Gasteiger partial charge is 0.239 e. The predicted octanol–water partition coefficient (Wildman–Crippen LogP) is 1.50. The van der Waals surface area contributed by atoms with Crippen LogP contribution >= 0.6 is 0 Å². The number of hydrogen-bond acceptors (Lipinski definition) is 4. The Labute approximate surface area is 136 Å². The molecule has 0 radical (unpaired) electrons. The van der Waals surface area contributed by atoms with E-state index in [2.05, 4.69) is 28.1 Å². The Morgan fingerprint density at radius 1 is 1.00 bits per heavy atom. The van der Waals surface area contributed by atoms with Gasteiger partial charge in [-0.05, 0) is 23.3 Å². The molecule has 2 rings (SSSR count). The van der Waals surface area contributed by atoms with Crippen molar-refractivity contribution in [3.05, 3.63) is 65.7 Å². The average Bonchev–Trinajstić information content (AvgIpc) is 2.62. The van der Waals surface area contributed by atoms with Gasteiger partial charge in [0.25, 0.3) is 0 Å². The van der Waals surface area contributed by atoms with E-state index in [0.29, 0.717) is 6.54 Å². The summed E-state index contributed by atoms with van der Waals surface area (Å²) >= 11 is 0. The molecule has 0 aliphatic heterocycles. The highest BCUT2D eigenvalue weighted by atomic mass is 16.3. The summed E-state index contributed by atoms with van der Waals surface area (Å²) in [5.74, 6) is -0.214. The number of rotatable bonds is 8. The Hall–Kier alpha value is -2.37. The van der Waals surface area contributed by atoms with E-state index in [9.17, 15) is 9.90 Å². The van der Waals surface area contributed by atoms with Crippen molar-refractivity contribution in [2.45, 2.75) is 19.1 Å². The Morgan fingerprint density at radius 3 is 2.26 bits per heavy atom. The van der Waals surface area contributed by atoms with Gasteiger partial charge in [0, 0.05) is 25.8 Å². The summed E-state index contributed by atoms with van der Waals surface area (Å²) in [6.07, 6.45) is 0. The summed E-state index contributed by atoms with van der Waals surface area (Å²) < 4.78 is 0. The topological polar surface area (TPSA) is 73.4 Å². The van der Waals surface area contributed by atoms with Gasteiger partial charge in [0.05, 0.1) is 6.61 Å². The molecular weight excluding hydrogens is 290 g/mol. The van der Waals surface area contributed by atoms with Gasteiger partial charge in [-0.15, -0.1) is 0 Å². The second-order valence-electron chi connectivity index (χ2n) is 5.27. The van der Waals surface area contributed by atoms with Gasteiger partial charge in [-0.3, -0.25) is 10.1 Å². The van der Waals surface area contributed by atoms with Gasteiger partial charge in [0.2, 0.25) is 5.91 Å². The lowest BCUT2D eigenvalue weighted by molar-refractivity contribution is -0.123. The standard InChI is InChI=1S/C18H23N3O2/c1-19-18(23)17(13-22)21-12-15-7-9-16(10-8-15)20-11-14-5-3-2-4-6-14/h2-10,17,20-22H,11-13H2,1H3,(H,19,23). The van der Waals surface area contributed by atoms with Gasteiger partial charge in [0.1, 0.15) is 6.04 Å². The van der Waals surface area contributed by atoms with E-state index in [4.69, 9.17) is 0 Å². The van der Waals surface area contributed by atoms with Crippen molar-refractivity contribution in [2.75, 3.05) is 19.0 Å². The molecule has 5 heteroatoms. The first-order valence-corrected chi connectivity index (χ1v) is 7.65. The first-order valence-electron chi connectivity index (χ1n) is 7.65. The summed E-state index contributed by atoms with van der Waals surface area (Å²) in [4.78, 5) is 11.5. The average molecular weight is 313 g/mol. The van der Waals surface area contributed by atoms with Crippen molar-refractivity contribution in [1.82, 2.24) is 10.6 Å². The number of aliphatic hydroxyl groups excluding tert-OH is 1. The molecular formula is C18H23N3O2. The van der Waals surface area contributed by atoms with Gasteiger partial charge >= 0.3 is 0 Å². The molecule has 0 fully saturated rings. The predicted molar refractivity (Wildman–Crippen MR) is 92.0 cm³/mol. The summed E-state index contributed by atoms with van der Waals surface area (Å²) in [6, 6.07) is 17.6. The van der Waals surface area contributed by atoms with E-state index in [1.165, 1.54) is 5.56 Å². The number of likely N-dealkylation sites (N-methyl/N-ethyl adjacent to an activating group) is 1. The number of amides is 1. The first-order chi connectivity index (χ1) is 11.2. The molecule has 0 aliphatic rings. The number of hydrogen-bond donors (Lipinski definition) is 4. The maximum absolute atomic E-state index is 11.5. The van der Waals surface area contributed by atoms with Crippen molar-refractivity contribution in [1.29, 1.82) is 0 Å². The van der Waals surface area contributed by atoms with Crippen molar-refractivity contribution < 1.29 is 9.90 Å². The molecule has 1 amide bonds. The van der Waals surface area contributed by atoms with Crippen LogP contribution in [-0.2, 0) is 17.9 Å². The molecule has 5 nitrogen and oxygen atoms in total. The molecule has 0 aliphatic carbocycles. The number of carbonyl (C=O) groups excluding carboxylic acids is 1. The van der Waals surface area contributed by atoms with E-state index in [1.807, 2.05) is 42.5 Å². The minimum absolute atomic E-state index is 0.214. The van der Waals surface area contributed by atoms with Crippen LogP contribution in [0.1, 0.15) is 11.1 Å². The number of anilines is 1. The Balaban J connectivity index is 1.83. The van der Waals surface area contributed by atoms with Crippen molar-refractivity contribution in [2.24, 2.45) is 0 Å². The molecule has 23 heavy (non-hydrogen) atoms. The van der Waals surface area contributed by atoms with Crippen molar-refractivity contribution in [3.8, 4) is 0 Å². The fourth-order valence-corrected chi connectivity index (χ4v) is 2.20. The minimum atomic E-state index is -0.587. The quantitative estimate of drug-likeness (QED) is 0.596. The van der Waals surface area contributed by atoms with Crippen LogP contribution in [0.25, 0.3) is 0 Å². The van der Waals surface area contributed by atoms with Crippen LogP contribution in [0.2, 0.25) is 0 Å². The van der Waals surface area contributed by atoms with Crippen LogP contribution in [0, 0.1) is 0 Å². The third-order valence-electron chi connectivity index (χ3n) is 3.59. The minimum Gasteiger partial charge on any atom is -0.394 e. The monoisotopic (exact) mass is 313 g/mol. The Bertz CT molecular complexity index is 599. The molecule has 1 atom stereocenters. The number of carbonyl (C=O) groups is 1. The highest BCUT2D eigenvalue weighted by molar-refractivity contribution is 5.81. The molecule has 0 spiro atoms. The van der Waals surface area contributed by atoms with Gasteiger partial charge in [0.15, 0.2) is 0 Å². The highest BCUT2D eigenvalue weighted by Crippen LogP contribution is 2.11. The van der Waals surface area contributed by atoms with E-state index >= 15 is 0 Å². The molecule has 1 unspecified atom stereocenters. The molecule has 122 valence electrons. The zero-order valence-electron chi connectivity index (χ0n) is 13.3. The van der Waals surface area contributed by atoms with Crippen LogP contribution in [-0.4, -0.2) is 30.7 Å². The molecule has 2 aromatic carbocycles. The van der Waals surface area contributed by atoms with Crippen molar-refractivity contribution >= 4 is 11.6 Å². The van der Waals surface area contributed by atoms with E-state index in [1.54, 1.807) is 7.05 Å². The van der Waals surface area contributed by atoms with E-state index in [-0.39, 0.29) is 12.5 Å². The van der Waals surface area contributed by atoms with Gasteiger partial charge in [-0.2, -0.15) is 0 Å². The zero-order valence-corrected chi connectivity index (χ0v) is 13.3. The lowest BCUT2D eigenvalue weighted by Gasteiger charge is -2.15. The number of benzene rings is 2. The SMILES string of the molecule is CNC(=O)C(CO)NCc1ccc(NCc2ccccc2)cc1. The van der Waals surface area contributed by atoms with Crippen LogP contribution in [0.4, 0.5) is 5.69 Å². The third kappa shape index (κ3) is 5.39. The second-order valence-corrected chi connectivity index (χ2v) is 5.27. The second kappa shape index (κ2) is 8.92. The maximum Gasteiger partial charge on any atom is 0.239 e. The van der Waals surface area contributed by atoms with E-state index in [0.717, 1.165) is 17.8 Å². The normalized spacial score (nSPS) is 11.7. The molecule has 0 bridgehead atoms. The number of aliphatic hydroxyl groups is 1. The van der Waals surface area contributed by atoms with Crippen LogP contribution < -0.4 is 16.0 Å². The lowest BCUT2D eigenvalue weighted by Crippen LogP contribution is -2.44. The maximum atomic E-state index is 11.5. The largest absolute Gasteiger partial charge is 0.394 e. The summed E-state index contributed by atoms with van der Waals surface area (Å²) in [6.45, 7) is 1.08. The van der Waals surface area contributed by atoms with Crippen LogP contribution in [0.15, 0.2) is 54.6 Å².